The molecule has 1 heterocycles. The van der Waals surface area contributed by atoms with Crippen LogP contribution in [0.2, 0.25) is 0 Å². The van der Waals surface area contributed by atoms with Gasteiger partial charge in [-0.05, 0) is 12.5 Å². The Morgan fingerprint density at radius 1 is 1.45 bits per heavy atom. The number of amides is 1. The summed E-state index contributed by atoms with van der Waals surface area (Å²) in [5.74, 6) is -0.0349. The molecular weight excluding hydrogens is 256 g/mol. The molecule has 0 bridgehead atoms. The molecule has 1 fully saturated rings. The highest BCUT2D eigenvalue weighted by Gasteiger charge is 2.32. The first-order valence-corrected chi connectivity index (χ1v) is 6.87. The van der Waals surface area contributed by atoms with Crippen molar-refractivity contribution in [3.63, 3.8) is 0 Å². The molecule has 2 rings (SSSR count). The topological polar surface area (TPSA) is 64.8 Å². The van der Waals surface area contributed by atoms with Gasteiger partial charge >= 0.3 is 0 Å². The normalized spacial score (nSPS) is 24.4. The number of morpholine rings is 1. The van der Waals surface area contributed by atoms with Crippen molar-refractivity contribution in [1.29, 1.82) is 0 Å². The molecule has 1 aliphatic heterocycles. The number of nitrogens with two attached hydrogens (primary N) is 1. The van der Waals surface area contributed by atoms with Crippen molar-refractivity contribution < 1.29 is 14.3 Å². The lowest BCUT2D eigenvalue weighted by molar-refractivity contribution is -0.154. The summed E-state index contributed by atoms with van der Waals surface area (Å²) in [4.78, 5) is 14.4. The van der Waals surface area contributed by atoms with E-state index in [-0.39, 0.29) is 18.1 Å². The lowest BCUT2D eigenvalue weighted by Gasteiger charge is -2.37. The van der Waals surface area contributed by atoms with Gasteiger partial charge in [-0.15, -0.1) is 0 Å². The van der Waals surface area contributed by atoms with Crippen molar-refractivity contribution in [3.8, 4) is 0 Å². The third-order valence-corrected chi connectivity index (χ3v) is 3.46. The van der Waals surface area contributed by atoms with E-state index in [9.17, 15) is 4.79 Å². The largest absolute Gasteiger partial charge is 0.370 e. The molecule has 5 heteroatoms. The quantitative estimate of drug-likeness (QED) is 0.890. The van der Waals surface area contributed by atoms with Crippen LogP contribution >= 0.6 is 0 Å². The highest BCUT2D eigenvalue weighted by atomic mass is 16.5. The van der Waals surface area contributed by atoms with E-state index in [1.54, 1.807) is 12.0 Å². The molecule has 0 aromatic heterocycles. The number of carbonyl (C=O) groups is 1. The predicted octanol–water partition coefficient (Wildman–Crippen LogP) is 0.949. The van der Waals surface area contributed by atoms with E-state index in [0.717, 1.165) is 5.56 Å². The van der Waals surface area contributed by atoms with Gasteiger partial charge in [0.05, 0.1) is 12.2 Å². The lowest BCUT2D eigenvalue weighted by Crippen LogP contribution is -2.52. The Hall–Kier alpha value is -1.43. The maximum atomic E-state index is 12.6. The second-order valence-corrected chi connectivity index (χ2v) is 5.07. The fourth-order valence-corrected chi connectivity index (χ4v) is 2.53. The van der Waals surface area contributed by atoms with E-state index in [4.69, 9.17) is 15.2 Å². The Morgan fingerprint density at radius 3 is 2.75 bits per heavy atom. The van der Waals surface area contributed by atoms with E-state index in [0.29, 0.717) is 19.6 Å². The van der Waals surface area contributed by atoms with E-state index in [1.165, 1.54) is 0 Å². The van der Waals surface area contributed by atoms with Crippen LogP contribution in [-0.2, 0) is 14.3 Å². The number of hydrogen-bond donors (Lipinski definition) is 1. The maximum absolute atomic E-state index is 12.6. The molecule has 2 N–H and O–H groups in total. The van der Waals surface area contributed by atoms with Crippen molar-refractivity contribution in [2.75, 3.05) is 26.7 Å². The highest BCUT2D eigenvalue weighted by Crippen LogP contribution is 2.21. The average Bonchev–Trinajstić information content (AvgIpc) is 2.48. The first kappa shape index (κ1) is 15.0. The molecule has 0 saturated carbocycles. The molecule has 0 radical (unpaired) electrons. The van der Waals surface area contributed by atoms with Crippen molar-refractivity contribution in [1.82, 2.24) is 4.90 Å². The second kappa shape index (κ2) is 6.83. The van der Waals surface area contributed by atoms with Crippen LogP contribution in [0.5, 0.6) is 0 Å². The molecule has 20 heavy (non-hydrogen) atoms. The van der Waals surface area contributed by atoms with Crippen LogP contribution in [0.4, 0.5) is 0 Å². The maximum Gasteiger partial charge on any atom is 0.256 e. The summed E-state index contributed by atoms with van der Waals surface area (Å²) in [6, 6.07) is 9.52. The van der Waals surface area contributed by atoms with Crippen LogP contribution in [0, 0.1) is 0 Å². The summed E-state index contributed by atoms with van der Waals surface area (Å²) in [6.07, 6.45) is -0.676. The molecule has 1 saturated heterocycles. The zero-order valence-corrected chi connectivity index (χ0v) is 12.0. The molecule has 110 valence electrons. The van der Waals surface area contributed by atoms with Gasteiger partial charge in [0.2, 0.25) is 0 Å². The SMILES string of the molecule is COC(C(=O)N1CC(C)OC(CN)C1)c1ccccc1. The summed E-state index contributed by atoms with van der Waals surface area (Å²) < 4.78 is 11.1. The van der Waals surface area contributed by atoms with Gasteiger partial charge in [0, 0.05) is 26.7 Å². The second-order valence-electron chi connectivity index (χ2n) is 5.07. The smallest absolute Gasteiger partial charge is 0.256 e. The van der Waals surface area contributed by atoms with E-state index in [2.05, 4.69) is 0 Å². The van der Waals surface area contributed by atoms with Gasteiger partial charge in [-0.2, -0.15) is 0 Å². The van der Waals surface area contributed by atoms with Crippen LogP contribution in [0.15, 0.2) is 30.3 Å². The Balaban J connectivity index is 2.12. The van der Waals surface area contributed by atoms with Gasteiger partial charge < -0.3 is 20.1 Å². The van der Waals surface area contributed by atoms with Gasteiger partial charge in [0.25, 0.3) is 5.91 Å². The van der Waals surface area contributed by atoms with Crippen molar-refractivity contribution in [2.24, 2.45) is 5.73 Å². The van der Waals surface area contributed by atoms with Crippen LogP contribution in [-0.4, -0.2) is 49.8 Å². The number of ether oxygens (including phenoxy) is 2. The third kappa shape index (κ3) is 3.36. The van der Waals surface area contributed by atoms with Crippen LogP contribution in [0.25, 0.3) is 0 Å². The standard InChI is InChI=1S/C15H22N2O3/c1-11-9-17(10-13(8-16)20-11)15(18)14(19-2)12-6-4-3-5-7-12/h3-7,11,13-14H,8-10,16H2,1-2H3. The average molecular weight is 278 g/mol. The van der Waals surface area contributed by atoms with Crippen molar-refractivity contribution in [3.05, 3.63) is 35.9 Å². The van der Waals surface area contributed by atoms with Crippen molar-refractivity contribution in [2.45, 2.75) is 25.2 Å². The molecular formula is C15H22N2O3. The fourth-order valence-electron chi connectivity index (χ4n) is 2.53. The Kier molecular flexibility index (Phi) is 5.11. The number of carbonyl (C=O) groups excluding carboxylic acids is 1. The number of hydrogen-bond acceptors (Lipinski definition) is 4. The highest BCUT2D eigenvalue weighted by molar-refractivity contribution is 5.82. The minimum atomic E-state index is -0.570. The molecule has 0 spiro atoms. The molecule has 3 atom stereocenters. The summed E-state index contributed by atoms with van der Waals surface area (Å²) in [6.45, 7) is 3.46. The Bertz CT molecular complexity index is 438. The molecule has 1 aromatic rings. The van der Waals surface area contributed by atoms with E-state index in [1.807, 2.05) is 37.3 Å². The van der Waals surface area contributed by atoms with Crippen LogP contribution in [0.3, 0.4) is 0 Å². The third-order valence-electron chi connectivity index (χ3n) is 3.46. The minimum absolute atomic E-state index is 0.00507. The van der Waals surface area contributed by atoms with Crippen molar-refractivity contribution >= 4 is 5.91 Å². The van der Waals surface area contributed by atoms with Gasteiger partial charge in [-0.1, -0.05) is 30.3 Å². The van der Waals surface area contributed by atoms with Crippen LogP contribution in [0.1, 0.15) is 18.6 Å². The summed E-state index contributed by atoms with van der Waals surface area (Å²) in [5.41, 5.74) is 6.52. The first-order valence-electron chi connectivity index (χ1n) is 6.87. The summed E-state index contributed by atoms with van der Waals surface area (Å²) in [7, 11) is 1.56. The summed E-state index contributed by atoms with van der Waals surface area (Å²) >= 11 is 0. The molecule has 1 aromatic carbocycles. The van der Waals surface area contributed by atoms with Gasteiger partial charge in [0.15, 0.2) is 6.10 Å². The number of benzene rings is 1. The van der Waals surface area contributed by atoms with E-state index >= 15 is 0 Å². The van der Waals surface area contributed by atoms with Gasteiger partial charge in [-0.3, -0.25) is 4.79 Å². The van der Waals surface area contributed by atoms with Gasteiger partial charge in [-0.25, -0.2) is 0 Å². The number of methoxy groups -OCH3 is 1. The molecule has 1 aliphatic rings. The zero-order valence-electron chi connectivity index (χ0n) is 12.0. The molecule has 0 aliphatic carbocycles. The molecule has 5 nitrogen and oxygen atoms in total. The minimum Gasteiger partial charge on any atom is -0.370 e. The Labute approximate surface area is 119 Å². The lowest BCUT2D eigenvalue weighted by atomic mass is 10.1. The van der Waals surface area contributed by atoms with Gasteiger partial charge in [0.1, 0.15) is 0 Å². The first-order chi connectivity index (χ1) is 9.65. The predicted molar refractivity (Wildman–Crippen MR) is 76.2 cm³/mol. The summed E-state index contributed by atoms with van der Waals surface area (Å²) in [5, 5.41) is 0. The molecule has 3 unspecified atom stereocenters. The zero-order chi connectivity index (χ0) is 14.5. The molecule has 1 amide bonds. The van der Waals surface area contributed by atoms with Crippen LogP contribution < -0.4 is 5.73 Å². The fraction of sp³-hybridized carbons (Fsp3) is 0.533. The van der Waals surface area contributed by atoms with E-state index < -0.39 is 6.10 Å². The number of nitrogens with zero attached hydrogens (tertiary/aromatic N) is 1. The number of rotatable bonds is 4. The monoisotopic (exact) mass is 278 g/mol. The Morgan fingerprint density at radius 2 is 2.15 bits per heavy atom.